The number of aryl methyl sites for hydroxylation is 2. The molecule has 0 spiro atoms. The van der Waals surface area contributed by atoms with Gasteiger partial charge >= 0.3 is 5.97 Å². The van der Waals surface area contributed by atoms with Crippen molar-refractivity contribution in [2.45, 2.75) is 105 Å². The highest BCUT2D eigenvalue weighted by Crippen LogP contribution is 2.45. The van der Waals surface area contributed by atoms with E-state index in [9.17, 15) is 9.90 Å². The molecule has 1 unspecified atom stereocenters. The van der Waals surface area contributed by atoms with Crippen LogP contribution in [0.4, 0.5) is 17.3 Å². The molecule has 53 heavy (non-hydrogen) atoms. The molecule has 2 aromatic heterocycles. The maximum atomic E-state index is 12.9. The Balaban J connectivity index is 1.15. The molecule has 4 aliphatic rings. The minimum Gasteiger partial charge on any atom is -0.479 e. The van der Waals surface area contributed by atoms with Crippen LogP contribution in [0.15, 0.2) is 30.6 Å². The second kappa shape index (κ2) is 15.1. The van der Waals surface area contributed by atoms with Gasteiger partial charge in [-0.2, -0.15) is 0 Å². The standard InChI is InChI=1S/C42H59N7O4/c1-28-36(38(48-18-13-42(6,7)14-19-48)37(29(2)45-28)39(40(50)51)53-41(3,4)5)31-8-9-32-26-49(15-10-30(32)24-31)35-25-34(43-27-44-35)47-16-11-33(12-17-47)46-20-22-52-23-21-46/h8-9,24-25,27,33,39H,10-23,26H2,1-7H3,(H,50,51). The van der Waals surface area contributed by atoms with Gasteiger partial charge in [0.2, 0.25) is 0 Å². The normalized spacial score (nSPS) is 20.7. The largest absolute Gasteiger partial charge is 0.479 e. The van der Waals surface area contributed by atoms with Crippen LogP contribution < -0.4 is 14.7 Å². The first-order valence-corrected chi connectivity index (χ1v) is 19.7. The minimum atomic E-state index is -1.13. The molecule has 1 N–H and O–H groups in total. The van der Waals surface area contributed by atoms with E-state index in [2.05, 4.69) is 64.6 Å². The summed E-state index contributed by atoms with van der Waals surface area (Å²) in [5, 5.41) is 10.6. The van der Waals surface area contributed by atoms with E-state index in [1.807, 2.05) is 27.7 Å². The van der Waals surface area contributed by atoms with Gasteiger partial charge in [-0.1, -0.05) is 32.0 Å². The zero-order valence-electron chi connectivity index (χ0n) is 33.0. The highest BCUT2D eigenvalue weighted by Gasteiger charge is 2.37. The molecule has 0 radical (unpaired) electrons. The summed E-state index contributed by atoms with van der Waals surface area (Å²) in [6.45, 7) is 23.5. The number of benzene rings is 1. The number of morpholine rings is 1. The van der Waals surface area contributed by atoms with E-state index < -0.39 is 17.7 Å². The Morgan fingerprint density at radius 3 is 2.23 bits per heavy atom. The van der Waals surface area contributed by atoms with E-state index in [0.29, 0.717) is 17.3 Å². The van der Waals surface area contributed by atoms with Crippen LogP contribution in [0.5, 0.6) is 0 Å². The zero-order chi connectivity index (χ0) is 37.5. The van der Waals surface area contributed by atoms with Gasteiger partial charge < -0.3 is 29.3 Å². The number of anilines is 3. The van der Waals surface area contributed by atoms with E-state index in [4.69, 9.17) is 24.4 Å². The lowest BCUT2D eigenvalue weighted by Crippen LogP contribution is -2.49. The van der Waals surface area contributed by atoms with Crippen molar-refractivity contribution >= 4 is 23.3 Å². The SMILES string of the molecule is Cc1nc(C)c(C(OC(C)(C)C)C(=O)O)c(N2CCC(C)(C)CC2)c1-c1ccc2c(c1)CCN(c1cc(N3CCC(N4CCOCC4)CC3)ncn1)C2. The number of pyridine rings is 1. The summed E-state index contributed by atoms with van der Waals surface area (Å²) in [7, 11) is 0. The molecular formula is C42H59N7O4. The lowest BCUT2D eigenvalue weighted by Gasteiger charge is -2.41. The van der Waals surface area contributed by atoms with Gasteiger partial charge in [0.1, 0.15) is 18.0 Å². The van der Waals surface area contributed by atoms with Gasteiger partial charge in [0, 0.05) is 87.0 Å². The molecule has 6 heterocycles. The highest BCUT2D eigenvalue weighted by molar-refractivity contribution is 5.88. The molecule has 0 aliphatic carbocycles. The monoisotopic (exact) mass is 725 g/mol. The Bertz CT molecular complexity index is 1780. The predicted molar refractivity (Wildman–Crippen MR) is 210 cm³/mol. The van der Waals surface area contributed by atoms with Crippen molar-refractivity contribution in [2.75, 3.05) is 73.7 Å². The number of hydrogen-bond acceptors (Lipinski definition) is 10. The molecule has 3 aromatic rings. The molecule has 3 saturated heterocycles. The molecule has 1 atom stereocenters. The molecule has 1 aromatic carbocycles. The maximum Gasteiger partial charge on any atom is 0.337 e. The molecule has 0 saturated carbocycles. The third kappa shape index (κ3) is 8.32. The van der Waals surface area contributed by atoms with Crippen LogP contribution in [0.2, 0.25) is 0 Å². The fraction of sp³-hybridized carbons (Fsp3) is 0.619. The van der Waals surface area contributed by atoms with E-state index in [-0.39, 0.29) is 5.41 Å². The van der Waals surface area contributed by atoms with Gasteiger partial charge in [0.25, 0.3) is 0 Å². The quantitative estimate of drug-likeness (QED) is 0.272. The molecule has 0 amide bonds. The van der Waals surface area contributed by atoms with Gasteiger partial charge in [-0.05, 0) is 88.8 Å². The van der Waals surface area contributed by atoms with Crippen molar-refractivity contribution in [3.8, 4) is 11.1 Å². The van der Waals surface area contributed by atoms with Crippen LogP contribution >= 0.6 is 0 Å². The predicted octanol–water partition coefficient (Wildman–Crippen LogP) is 6.59. The first kappa shape index (κ1) is 37.5. The number of nitrogens with zero attached hydrogens (tertiary/aromatic N) is 7. The number of carboxylic acids is 1. The Labute approximate surface area is 315 Å². The second-order valence-electron chi connectivity index (χ2n) is 17.3. The summed E-state index contributed by atoms with van der Waals surface area (Å²) in [4.78, 5) is 37.2. The van der Waals surface area contributed by atoms with Gasteiger partial charge in [-0.3, -0.25) is 9.88 Å². The van der Waals surface area contributed by atoms with Gasteiger partial charge in [0.05, 0.1) is 24.5 Å². The molecule has 7 rings (SSSR count). The fourth-order valence-corrected chi connectivity index (χ4v) is 8.74. The topological polar surface area (TPSA) is 107 Å². The molecular weight excluding hydrogens is 667 g/mol. The lowest BCUT2D eigenvalue weighted by molar-refractivity contribution is -0.160. The van der Waals surface area contributed by atoms with E-state index in [0.717, 1.165) is 132 Å². The molecule has 3 fully saturated rings. The molecule has 4 aliphatic heterocycles. The number of rotatable bonds is 8. The number of aliphatic carboxylic acids is 1. The van der Waals surface area contributed by atoms with Crippen molar-refractivity contribution in [1.29, 1.82) is 0 Å². The van der Waals surface area contributed by atoms with Crippen LogP contribution in [0.1, 0.15) is 94.5 Å². The summed E-state index contributed by atoms with van der Waals surface area (Å²) >= 11 is 0. The van der Waals surface area contributed by atoms with Gasteiger partial charge in [0.15, 0.2) is 6.10 Å². The fourth-order valence-electron chi connectivity index (χ4n) is 8.74. The molecule has 11 nitrogen and oxygen atoms in total. The Morgan fingerprint density at radius 2 is 1.57 bits per heavy atom. The van der Waals surface area contributed by atoms with Crippen molar-refractivity contribution in [2.24, 2.45) is 5.41 Å². The van der Waals surface area contributed by atoms with Crippen molar-refractivity contribution in [1.82, 2.24) is 19.9 Å². The number of carboxylic acid groups (broad SMARTS) is 1. The highest BCUT2D eigenvalue weighted by atomic mass is 16.5. The average Bonchev–Trinajstić information content (AvgIpc) is 3.13. The van der Waals surface area contributed by atoms with Crippen LogP contribution in [0.3, 0.4) is 0 Å². The van der Waals surface area contributed by atoms with Gasteiger partial charge in [-0.15, -0.1) is 0 Å². The van der Waals surface area contributed by atoms with Gasteiger partial charge in [-0.25, -0.2) is 14.8 Å². The number of carbonyl (C=O) groups is 1. The average molecular weight is 726 g/mol. The summed E-state index contributed by atoms with van der Waals surface area (Å²) in [5.74, 6) is 0.990. The smallest absolute Gasteiger partial charge is 0.337 e. The molecule has 0 bridgehead atoms. The van der Waals surface area contributed by atoms with E-state index in [1.54, 1.807) is 6.33 Å². The Morgan fingerprint density at radius 1 is 0.887 bits per heavy atom. The third-order valence-corrected chi connectivity index (χ3v) is 11.8. The number of aromatic nitrogens is 3. The lowest BCUT2D eigenvalue weighted by atomic mass is 9.81. The molecule has 11 heteroatoms. The van der Waals surface area contributed by atoms with E-state index >= 15 is 0 Å². The Hall–Kier alpha value is -3.80. The number of ether oxygens (including phenoxy) is 2. The Kier molecular flexibility index (Phi) is 10.7. The van der Waals surface area contributed by atoms with Crippen LogP contribution in [0.25, 0.3) is 11.1 Å². The first-order chi connectivity index (χ1) is 25.3. The number of hydrogen-bond donors (Lipinski definition) is 1. The summed E-state index contributed by atoms with van der Waals surface area (Å²) in [5.41, 5.74) is 7.52. The number of fused-ring (bicyclic) bond motifs is 1. The van der Waals surface area contributed by atoms with Crippen LogP contribution in [-0.4, -0.2) is 102 Å². The second-order valence-corrected chi connectivity index (χ2v) is 17.3. The number of piperidine rings is 2. The summed E-state index contributed by atoms with van der Waals surface area (Å²) in [6, 6.07) is 9.56. The molecule has 286 valence electrons. The van der Waals surface area contributed by atoms with Crippen molar-refractivity contribution < 1.29 is 19.4 Å². The van der Waals surface area contributed by atoms with Crippen molar-refractivity contribution in [3.05, 3.63) is 58.7 Å². The summed E-state index contributed by atoms with van der Waals surface area (Å²) < 4.78 is 11.9. The van der Waals surface area contributed by atoms with Crippen LogP contribution in [-0.2, 0) is 27.2 Å². The van der Waals surface area contributed by atoms with E-state index in [1.165, 1.54) is 11.1 Å². The zero-order valence-corrected chi connectivity index (χ0v) is 33.0. The first-order valence-electron chi connectivity index (χ1n) is 19.7. The minimum absolute atomic E-state index is 0.240. The van der Waals surface area contributed by atoms with Crippen LogP contribution in [0, 0.1) is 19.3 Å². The maximum absolute atomic E-state index is 12.9. The van der Waals surface area contributed by atoms with Crippen molar-refractivity contribution in [3.63, 3.8) is 0 Å². The summed E-state index contributed by atoms with van der Waals surface area (Å²) in [6.07, 6.45) is 5.83. The third-order valence-electron chi connectivity index (χ3n) is 11.8.